The van der Waals surface area contributed by atoms with Crippen molar-refractivity contribution in [2.45, 2.75) is 37.5 Å². The Hall–Kier alpha value is -1.14. The van der Waals surface area contributed by atoms with Crippen LogP contribution in [-0.2, 0) is 15.6 Å². The van der Waals surface area contributed by atoms with Gasteiger partial charge < -0.3 is 10.6 Å². The Labute approximate surface area is 137 Å². The van der Waals surface area contributed by atoms with Gasteiger partial charge >= 0.3 is 0 Å². The van der Waals surface area contributed by atoms with E-state index in [4.69, 9.17) is 12.2 Å². The maximum atomic E-state index is 11.5. The molecule has 6 heteroatoms. The van der Waals surface area contributed by atoms with Crippen molar-refractivity contribution >= 4 is 32.9 Å². The highest BCUT2D eigenvalue weighted by Crippen LogP contribution is 2.44. The second-order valence-corrected chi connectivity index (χ2v) is 9.16. The number of anilines is 1. The average Bonchev–Trinajstić information content (AvgIpc) is 3.01. The number of para-hydroxylation sites is 1. The Bertz CT molecular complexity index is 672. The summed E-state index contributed by atoms with van der Waals surface area (Å²) in [6.07, 6.45) is 6.44. The predicted octanol–water partition coefficient (Wildman–Crippen LogP) is 2.71. The lowest BCUT2D eigenvalue weighted by Crippen LogP contribution is -2.41. The molecule has 2 aliphatic rings. The molecule has 3 rings (SSSR count). The predicted molar refractivity (Wildman–Crippen MR) is 93.6 cm³/mol. The first-order valence-electron chi connectivity index (χ1n) is 7.74. The molecule has 0 spiro atoms. The monoisotopic (exact) mass is 338 g/mol. The summed E-state index contributed by atoms with van der Waals surface area (Å²) < 4.78 is 23.1. The Morgan fingerprint density at radius 1 is 1.27 bits per heavy atom. The number of rotatable bonds is 4. The topological polar surface area (TPSA) is 58.2 Å². The molecule has 0 saturated heterocycles. The van der Waals surface area contributed by atoms with Crippen LogP contribution in [0, 0.1) is 11.8 Å². The minimum atomic E-state index is -3.07. The van der Waals surface area contributed by atoms with Gasteiger partial charge in [-0.2, -0.15) is 0 Å². The second kappa shape index (κ2) is 6.16. The molecule has 0 unspecified atom stereocenters. The van der Waals surface area contributed by atoms with E-state index >= 15 is 0 Å². The van der Waals surface area contributed by atoms with Crippen molar-refractivity contribution in [1.82, 2.24) is 5.32 Å². The normalized spacial score (nSPS) is 26.9. The number of sulfone groups is 1. The minimum Gasteiger partial charge on any atom is -0.359 e. The van der Waals surface area contributed by atoms with Crippen LogP contribution in [0.4, 0.5) is 5.69 Å². The third kappa shape index (κ3) is 3.79. The highest BCUT2D eigenvalue weighted by atomic mass is 32.2. The highest BCUT2D eigenvalue weighted by molar-refractivity contribution is 7.89. The molecule has 0 aliphatic heterocycles. The number of benzene rings is 1. The Morgan fingerprint density at radius 2 is 2.05 bits per heavy atom. The average molecular weight is 338 g/mol. The van der Waals surface area contributed by atoms with Crippen LogP contribution in [0.1, 0.15) is 31.2 Å². The molecule has 2 aliphatic carbocycles. The molecule has 120 valence electrons. The molecule has 22 heavy (non-hydrogen) atoms. The van der Waals surface area contributed by atoms with Crippen molar-refractivity contribution in [3.05, 3.63) is 29.8 Å². The molecule has 0 radical (unpaired) electrons. The van der Waals surface area contributed by atoms with E-state index in [1.54, 1.807) is 0 Å². The van der Waals surface area contributed by atoms with E-state index < -0.39 is 9.84 Å². The van der Waals surface area contributed by atoms with Crippen molar-refractivity contribution < 1.29 is 8.42 Å². The standard InChI is InChI=1S/C16H22N2O2S2/c1-22(19,20)10-13-4-2-3-5-14(13)17-16(21)18-15-9-11-6-7-12(15)8-11/h2-5,11-12,15H,6-10H2,1H3,(H2,17,18,21)/t11-,12-,15+/m0/s1. The number of nitrogens with one attached hydrogen (secondary N) is 2. The fraction of sp³-hybridized carbons (Fsp3) is 0.562. The highest BCUT2D eigenvalue weighted by Gasteiger charge is 2.39. The van der Waals surface area contributed by atoms with Crippen LogP contribution in [0.25, 0.3) is 0 Å². The van der Waals surface area contributed by atoms with E-state index in [1.165, 1.54) is 31.9 Å². The molecule has 0 heterocycles. The zero-order valence-corrected chi connectivity index (χ0v) is 14.3. The van der Waals surface area contributed by atoms with E-state index in [2.05, 4.69) is 10.6 Å². The molecule has 2 saturated carbocycles. The number of thiocarbonyl (C=S) groups is 1. The lowest BCUT2D eigenvalue weighted by molar-refractivity contribution is 0.392. The minimum absolute atomic E-state index is 0.0207. The quantitative estimate of drug-likeness (QED) is 0.827. The first-order valence-corrected chi connectivity index (χ1v) is 10.2. The van der Waals surface area contributed by atoms with Gasteiger partial charge in [-0.15, -0.1) is 0 Å². The zero-order chi connectivity index (χ0) is 15.7. The first-order chi connectivity index (χ1) is 10.4. The maximum absolute atomic E-state index is 11.5. The molecule has 3 atom stereocenters. The molecule has 2 N–H and O–H groups in total. The van der Waals surface area contributed by atoms with Crippen molar-refractivity contribution in [1.29, 1.82) is 0 Å². The molecular formula is C16H22N2O2S2. The summed E-state index contributed by atoms with van der Waals surface area (Å²) in [4.78, 5) is 0. The second-order valence-electron chi connectivity index (χ2n) is 6.61. The summed E-state index contributed by atoms with van der Waals surface area (Å²) in [5.41, 5.74) is 1.52. The van der Waals surface area contributed by atoms with Gasteiger partial charge in [0.1, 0.15) is 0 Å². The van der Waals surface area contributed by atoms with Gasteiger partial charge in [0.25, 0.3) is 0 Å². The number of hydrogen-bond donors (Lipinski definition) is 2. The van der Waals surface area contributed by atoms with Crippen molar-refractivity contribution in [3.8, 4) is 0 Å². The molecule has 4 nitrogen and oxygen atoms in total. The summed E-state index contributed by atoms with van der Waals surface area (Å²) >= 11 is 5.42. The van der Waals surface area contributed by atoms with Gasteiger partial charge in [-0.05, 0) is 54.9 Å². The van der Waals surface area contributed by atoms with Crippen LogP contribution < -0.4 is 10.6 Å². The smallest absolute Gasteiger partial charge is 0.171 e. The molecule has 0 aromatic heterocycles. The molecule has 2 fully saturated rings. The van der Waals surface area contributed by atoms with E-state index in [1.807, 2.05) is 24.3 Å². The van der Waals surface area contributed by atoms with Gasteiger partial charge in [-0.25, -0.2) is 8.42 Å². The maximum Gasteiger partial charge on any atom is 0.171 e. The van der Waals surface area contributed by atoms with Crippen LogP contribution in [0.5, 0.6) is 0 Å². The third-order valence-electron chi connectivity index (χ3n) is 4.74. The van der Waals surface area contributed by atoms with Gasteiger partial charge in [-0.3, -0.25) is 0 Å². The van der Waals surface area contributed by atoms with Gasteiger partial charge in [0.15, 0.2) is 14.9 Å². The number of fused-ring (bicyclic) bond motifs is 2. The lowest BCUT2D eigenvalue weighted by atomic mass is 9.95. The van der Waals surface area contributed by atoms with E-state index in [-0.39, 0.29) is 5.75 Å². The van der Waals surface area contributed by atoms with Gasteiger partial charge in [0, 0.05) is 18.0 Å². The Balaban J connectivity index is 1.64. The van der Waals surface area contributed by atoms with Gasteiger partial charge in [-0.1, -0.05) is 24.6 Å². The fourth-order valence-corrected chi connectivity index (χ4v) is 4.88. The Kier molecular flexibility index (Phi) is 4.41. The van der Waals surface area contributed by atoms with E-state index in [0.717, 1.165) is 23.1 Å². The fourth-order valence-electron chi connectivity index (χ4n) is 3.80. The zero-order valence-electron chi connectivity index (χ0n) is 12.7. The van der Waals surface area contributed by atoms with Crippen LogP contribution >= 0.6 is 12.2 Å². The largest absolute Gasteiger partial charge is 0.359 e. The van der Waals surface area contributed by atoms with E-state index in [0.29, 0.717) is 11.2 Å². The summed E-state index contributed by atoms with van der Waals surface area (Å²) in [5, 5.41) is 7.19. The van der Waals surface area contributed by atoms with Crippen LogP contribution in [0.2, 0.25) is 0 Å². The summed E-state index contributed by atoms with van der Waals surface area (Å²) in [6, 6.07) is 7.89. The summed E-state index contributed by atoms with van der Waals surface area (Å²) in [7, 11) is -3.07. The van der Waals surface area contributed by atoms with Gasteiger partial charge in [0.05, 0.1) is 5.75 Å². The van der Waals surface area contributed by atoms with Crippen molar-refractivity contribution in [2.24, 2.45) is 11.8 Å². The molecule has 2 bridgehead atoms. The first kappa shape index (κ1) is 15.7. The van der Waals surface area contributed by atoms with Crippen molar-refractivity contribution in [2.75, 3.05) is 11.6 Å². The van der Waals surface area contributed by atoms with Crippen LogP contribution in [0.15, 0.2) is 24.3 Å². The molecule has 1 aromatic rings. The van der Waals surface area contributed by atoms with Gasteiger partial charge in [0.2, 0.25) is 0 Å². The van der Waals surface area contributed by atoms with Crippen molar-refractivity contribution in [3.63, 3.8) is 0 Å². The molecule has 0 amide bonds. The SMILES string of the molecule is CS(=O)(=O)Cc1ccccc1NC(=S)N[C@@H]1C[C@H]2CC[C@H]1C2. The van der Waals surface area contributed by atoms with E-state index in [9.17, 15) is 8.42 Å². The lowest BCUT2D eigenvalue weighted by Gasteiger charge is -2.25. The molecular weight excluding hydrogens is 316 g/mol. The Morgan fingerprint density at radius 3 is 2.68 bits per heavy atom. The third-order valence-corrected chi connectivity index (χ3v) is 5.79. The summed E-state index contributed by atoms with van der Waals surface area (Å²) in [5.74, 6) is 1.63. The van der Waals surface area contributed by atoms with Crippen LogP contribution in [-0.4, -0.2) is 25.8 Å². The van der Waals surface area contributed by atoms with Crippen LogP contribution in [0.3, 0.4) is 0 Å². The summed E-state index contributed by atoms with van der Waals surface area (Å²) in [6.45, 7) is 0. The number of hydrogen-bond acceptors (Lipinski definition) is 3. The molecule has 1 aromatic carbocycles.